The summed E-state index contributed by atoms with van der Waals surface area (Å²) in [4.78, 5) is 15.3. The number of piperidine rings is 1. The number of amides is 1. The second kappa shape index (κ2) is 11.4. The smallest absolute Gasteiger partial charge is 0.223 e. The van der Waals surface area contributed by atoms with Gasteiger partial charge in [0, 0.05) is 17.5 Å². The van der Waals surface area contributed by atoms with Crippen LogP contribution in [-0.4, -0.2) is 37.1 Å². The number of carbonyl (C=O) groups is 1. The van der Waals surface area contributed by atoms with E-state index in [1.54, 1.807) is 0 Å². The lowest BCUT2D eigenvalue weighted by Gasteiger charge is -2.32. The van der Waals surface area contributed by atoms with Gasteiger partial charge in [-0.1, -0.05) is 29.8 Å². The number of ether oxygens (including phenoxy) is 2. The minimum absolute atomic E-state index is 0.0537. The van der Waals surface area contributed by atoms with Crippen LogP contribution in [0.3, 0.4) is 0 Å². The molecule has 1 atom stereocenters. The molecule has 0 saturated carbocycles. The molecule has 1 heterocycles. The van der Waals surface area contributed by atoms with Crippen molar-refractivity contribution in [2.45, 2.75) is 46.2 Å². The minimum atomic E-state index is -0.0884. The van der Waals surface area contributed by atoms with E-state index in [0.717, 1.165) is 54.6 Å². The molecule has 1 fully saturated rings. The van der Waals surface area contributed by atoms with Gasteiger partial charge in [0.25, 0.3) is 0 Å². The van der Waals surface area contributed by atoms with Crippen molar-refractivity contribution in [3.05, 3.63) is 58.6 Å². The van der Waals surface area contributed by atoms with Gasteiger partial charge in [-0.05, 0) is 82.1 Å². The molecular formula is C25H33ClN2O3. The summed E-state index contributed by atoms with van der Waals surface area (Å²) in [5.41, 5.74) is 2.27. The monoisotopic (exact) mass is 444 g/mol. The number of nitrogens with one attached hydrogen (secondary N) is 1. The average Bonchev–Trinajstić information content (AvgIpc) is 2.77. The van der Waals surface area contributed by atoms with E-state index in [1.165, 1.54) is 5.56 Å². The molecule has 168 valence electrons. The van der Waals surface area contributed by atoms with E-state index >= 15 is 0 Å². The third kappa shape index (κ3) is 6.62. The van der Waals surface area contributed by atoms with E-state index in [9.17, 15) is 4.79 Å². The Balaban J connectivity index is 1.52. The Morgan fingerprint density at radius 3 is 2.35 bits per heavy atom. The van der Waals surface area contributed by atoms with Crippen molar-refractivity contribution in [2.24, 2.45) is 5.92 Å². The zero-order valence-electron chi connectivity index (χ0n) is 18.7. The molecule has 0 aliphatic carbocycles. The molecular weight excluding hydrogens is 412 g/mol. The molecule has 6 heteroatoms. The van der Waals surface area contributed by atoms with Crippen LogP contribution in [0.4, 0.5) is 0 Å². The number of hydrogen-bond donors (Lipinski definition) is 1. The number of halogens is 1. The zero-order chi connectivity index (χ0) is 22.2. The van der Waals surface area contributed by atoms with E-state index < -0.39 is 0 Å². The quantitative estimate of drug-likeness (QED) is 0.575. The highest BCUT2D eigenvalue weighted by atomic mass is 35.5. The Hall–Kier alpha value is -2.24. The first-order valence-corrected chi connectivity index (χ1v) is 11.5. The van der Waals surface area contributed by atoms with E-state index in [-0.39, 0.29) is 17.9 Å². The molecule has 31 heavy (non-hydrogen) atoms. The van der Waals surface area contributed by atoms with Gasteiger partial charge in [0.05, 0.1) is 19.3 Å². The third-order valence-corrected chi connectivity index (χ3v) is 5.96. The summed E-state index contributed by atoms with van der Waals surface area (Å²) in [6, 6.07) is 13.8. The third-order valence-electron chi connectivity index (χ3n) is 5.70. The Kier molecular flexibility index (Phi) is 8.61. The number of nitrogens with zero attached hydrogens (tertiary/aromatic N) is 1. The van der Waals surface area contributed by atoms with Gasteiger partial charge in [-0.15, -0.1) is 0 Å². The lowest BCUT2D eigenvalue weighted by Crippen LogP contribution is -2.40. The van der Waals surface area contributed by atoms with Gasteiger partial charge in [0.2, 0.25) is 5.91 Å². The van der Waals surface area contributed by atoms with Crippen molar-refractivity contribution in [1.82, 2.24) is 10.2 Å². The summed E-state index contributed by atoms with van der Waals surface area (Å²) < 4.78 is 11.4. The molecule has 1 aliphatic heterocycles. The highest BCUT2D eigenvalue weighted by Crippen LogP contribution is 2.31. The summed E-state index contributed by atoms with van der Waals surface area (Å²) in [6.45, 7) is 9.81. The number of benzene rings is 2. The highest BCUT2D eigenvalue weighted by molar-refractivity contribution is 6.30. The van der Waals surface area contributed by atoms with Gasteiger partial charge in [-0.3, -0.25) is 9.69 Å². The number of rotatable bonds is 9. The maximum Gasteiger partial charge on any atom is 0.223 e. The standard InChI is InChI=1S/C25H33ClN2O3/c1-4-30-23-11-8-21(16-24(23)31-5-2)18(3)27-25(29)20-12-14-28(15-13-20)17-19-6-9-22(26)10-7-19/h6-11,16,18,20H,4-5,12-15,17H2,1-3H3,(H,27,29)/t18-/m0/s1. The predicted octanol–water partition coefficient (Wildman–Crippen LogP) is 5.23. The van der Waals surface area contributed by atoms with Crippen LogP contribution in [0.5, 0.6) is 11.5 Å². The molecule has 5 nitrogen and oxygen atoms in total. The van der Waals surface area contributed by atoms with E-state index in [1.807, 2.05) is 51.1 Å². The Bertz CT molecular complexity index is 848. The van der Waals surface area contributed by atoms with Gasteiger partial charge in [0.15, 0.2) is 11.5 Å². The fourth-order valence-corrected chi connectivity index (χ4v) is 4.08. The van der Waals surface area contributed by atoms with Crippen molar-refractivity contribution in [3.8, 4) is 11.5 Å². The topological polar surface area (TPSA) is 50.8 Å². The summed E-state index contributed by atoms with van der Waals surface area (Å²) in [5.74, 6) is 1.64. The Morgan fingerprint density at radius 1 is 1.06 bits per heavy atom. The Morgan fingerprint density at radius 2 is 1.71 bits per heavy atom. The van der Waals surface area contributed by atoms with E-state index in [2.05, 4.69) is 22.3 Å². The minimum Gasteiger partial charge on any atom is -0.490 e. The zero-order valence-corrected chi connectivity index (χ0v) is 19.5. The number of carbonyl (C=O) groups excluding carboxylic acids is 1. The summed E-state index contributed by atoms with van der Waals surface area (Å²) in [6.07, 6.45) is 1.75. The Labute approximate surface area is 190 Å². The van der Waals surface area contributed by atoms with Crippen molar-refractivity contribution in [1.29, 1.82) is 0 Å². The molecule has 2 aromatic rings. The van der Waals surface area contributed by atoms with Gasteiger partial charge in [-0.25, -0.2) is 0 Å². The molecule has 0 unspecified atom stereocenters. The van der Waals surface area contributed by atoms with E-state index in [4.69, 9.17) is 21.1 Å². The van der Waals surface area contributed by atoms with Crippen LogP contribution < -0.4 is 14.8 Å². The second-order valence-corrected chi connectivity index (χ2v) is 8.42. The van der Waals surface area contributed by atoms with Crippen LogP contribution >= 0.6 is 11.6 Å². The van der Waals surface area contributed by atoms with Gasteiger partial charge >= 0.3 is 0 Å². The van der Waals surface area contributed by atoms with Crippen LogP contribution in [-0.2, 0) is 11.3 Å². The molecule has 0 bridgehead atoms. The molecule has 1 N–H and O–H groups in total. The molecule has 1 aliphatic rings. The fourth-order valence-electron chi connectivity index (χ4n) is 3.95. The van der Waals surface area contributed by atoms with Crippen molar-refractivity contribution in [3.63, 3.8) is 0 Å². The lowest BCUT2D eigenvalue weighted by atomic mass is 9.94. The average molecular weight is 445 g/mol. The highest BCUT2D eigenvalue weighted by Gasteiger charge is 2.26. The molecule has 1 amide bonds. The first kappa shape index (κ1) is 23.4. The van der Waals surface area contributed by atoms with Crippen molar-refractivity contribution < 1.29 is 14.3 Å². The summed E-state index contributed by atoms with van der Waals surface area (Å²) in [7, 11) is 0. The molecule has 0 spiro atoms. The maximum atomic E-state index is 12.9. The summed E-state index contributed by atoms with van der Waals surface area (Å²) in [5, 5.41) is 3.95. The molecule has 1 saturated heterocycles. The SMILES string of the molecule is CCOc1ccc([C@H](C)NC(=O)C2CCN(Cc3ccc(Cl)cc3)CC2)cc1OCC. The van der Waals surface area contributed by atoms with Gasteiger partial charge in [0.1, 0.15) is 0 Å². The van der Waals surface area contributed by atoms with Crippen LogP contribution in [0.25, 0.3) is 0 Å². The first-order valence-electron chi connectivity index (χ1n) is 11.2. The summed E-state index contributed by atoms with van der Waals surface area (Å²) >= 11 is 5.97. The second-order valence-electron chi connectivity index (χ2n) is 7.98. The lowest BCUT2D eigenvalue weighted by molar-refractivity contribution is -0.127. The fraction of sp³-hybridized carbons (Fsp3) is 0.480. The van der Waals surface area contributed by atoms with Crippen molar-refractivity contribution in [2.75, 3.05) is 26.3 Å². The van der Waals surface area contributed by atoms with Crippen LogP contribution in [0.15, 0.2) is 42.5 Å². The largest absolute Gasteiger partial charge is 0.490 e. The van der Waals surface area contributed by atoms with Crippen LogP contribution in [0, 0.1) is 5.92 Å². The van der Waals surface area contributed by atoms with Gasteiger partial charge in [-0.2, -0.15) is 0 Å². The van der Waals surface area contributed by atoms with Crippen LogP contribution in [0.2, 0.25) is 5.02 Å². The molecule has 0 radical (unpaired) electrons. The van der Waals surface area contributed by atoms with Gasteiger partial charge < -0.3 is 14.8 Å². The molecule has 3 rings (SSSR count). The number of likely N-dealkylation sites (tertiary alicyclic amines) is 1. The predicted molar refractivity (Wildman–Crippen MR) is 125 cm³/mol. The number of hydrogen-bond acceptors (Lipinski definition) is 4. The molecule has 2 aromatic carbocycles. The maximum absolute atomic E-state index is 12.9. The first-order chi connectivity index (χ1) is 15.0. The normalized spacial score (nSPS) is 16.0. The van der Waals surface area contributed by atoms with Crippen LogP contribution in [0.1, 0.15) is 50.8 Å². The molecule has 0 aromatic heterocycles. The van der Waals surface area contributed by atoms with Crippen molar-refractivity contribution >= 4 is 17.5 Å². The van der Waals surface area contributed by atoms with E-state index in [0.29, 0.717) is 13.2 Å².